The molecule has 0 aromatic heterocycles. The third-order valence-electron chi connectivity index (χ3n) is 2.11. The topological polar surface area (TPSA) is 70.6 Å². The molecule has 0 unspecified atom stereocenters. The van der Waals surface area contributed by atoms with Gasteiger partial charge >= 0.3 is 0 Å². The van der Waals surface area contributed by atoms with Gasteiger partial charge in [-0.2, -0.15) is 5.10 Å². The zero-order valence-corrected chi connectivity index (χ0v) is 8.46. The van der Waals surface area contributed by atoms with Gasteiger partial charge in [0.05, 0.1) is 6.42 Å². The molecule has 0 fully saturated rings. The maximum atomic E-state index is 13.2. The minimum atomic E-state index is -0.892. The fourth-order valence-corrected chi connectivity index (χ4v) is 1.29. The molecule has 2 N–H and O–H groups in total. The number of rotatable bonds is 2. The van der Waals surface area contributed by atoms with Crippen LogP contribution in [0.1, 0.15) is 6.42 Å². The van der Waals surface area contributed by atoms with Gasteiger partial charge in [0.15, 0.2) is 0 Å². The fourth-order valence-electron chi connectivity index (χ4n) is 1.29. The number of carbonyl (C=O) groups is 2. The highest BCUT2D eigenvalue weighted by Crippen LogP contribution is 2.18. The summed E-state index contributed by atoms with van der Waals surface area (Å²) in [5, 5.41) is 5.46. The Morgan fingerprint density at radius 2 is 2.00 bits per heavy atom. The maximum absolute atomic E-state index is 13.2. The van der Waals surface area contributed by atoms with E-state index in [0.717, 1.165) is 12.1 Å². The van der Waals surface area contributed by atoms with Gasteiger partial charge in [0.25, 0.3) is 5.91 Å². The number of benzene rings is 1. The number of hydrogen-bond donors (Lipinski definition) is 2. The van der Waals surface area contributed by atoms with Crippen molar-refractivity contribution in [3.63, 3.8) is 0 Å². The molecule has 2 amide bonds. The largest absolute Gasteiger partial charge is 0.316 e. The number of hydrogen-bond acceptors (Lipinski definition) is 3. The Bertz CT molecular complexity index is 508. The molecule has 0 aliphatic carbocycles. The molecule has 0 radical (unpaired) electrons. The molecule has 0 bridgehead atoms. The Labute approximate surface area is 94.5 Å². The third kappa shape index (κ3) is 2.27. The number of para-hydroxylation sites is 1. The van der Waals surface area contributed by atoms with Crippen LogP contribution in [-0.2, 0) is 9.59 Å². The van der Waals surface area contributed by atoms with Crippen molar-refractivity contribution in [2.24, 2.45) is 5.10 Å². The summed E-state index contributed by atoms with van der Waals surface area (Å²) in [5.74, 6) is -3.04. The smallest absolute Gasteiger partial charge is 0.272 e. The molecule has 0 spiro atoms. The predicted molar refractivity (Wildman–Crippen MR) is 55.2 cm³/mol. The van der Waals surface area contributed by atoms with Gasteiger partial charge in [-0.3, -0.25) is 9.59 Å². The van der Waals surface area contributed by atoms with Crippen LogP contribution in [0.3, 0.4) is 0 Å². The second-order valence-electron chi connectivity index (χ2n) is 3.32. The van der Waals surface area contributed by atoms with Gasteiger partial charge in [0.1, 0.15) is 23.0 Å². The predicted octanol–water partition coefficient (Wildman–Crippen LogP) is 0.779. The summed E-state index contributed by atoms with van der Waals surface area (Å²) >= 11 is 0. The fraction of sp³-hybridized carbons (Fsp3) is 0.100. The molecular formula is C10H7F2N3O2. The first-order chi connectivity index (χ1) is 8.08. The van der Waals surface area contributed by atoms with Crippen LogP contribution < -0.4 is 10.7 Å². The summed E-state index contributed by atoms with van der Waals surface area (Å²) in [6.45, 7) is 0. The molecule has 0 saturated carbocycles. The minimum absolute atomic E-state index is 0.113. The number of anilines is 1. The SMILES string of the molecule is O=C1CC(C(=O)Nc2c(F)cccc2F)=NN1. The van der Waals surface area contributed by atoms with E-state index in [1.165, 1.54) is 6.07 Å². The van der Waals surface area contributed by atoms with E-state index in [9.17, 15) is 18.4 Å². The minimum Gasteiger partial charge on any atom is -0.316 e. The zero-order valence-electron chi connectivity index (χ0n) is 8.46. The lowest BCUT2D eigenvalue weighted by molar-refractivity contribution is -0.119. The molecule has 88 valence electrons. The number of nitrogens with zero attached hydrogens (tertiary/aromatic N) is 1. The van der Waals surface area contributed by atoms with Crippen LogP contribution >= 0.6 is 0 Å². The monoisotopic (exact) mass is 239 g/mol. The molecule has 0 atom stereocenters. The lowest BCUT2D eigenvalue weighted by Gasteiger charge is -2.06. The van der Waals surface area contributed by atoms with Crippen molar-refractivity contribution in [3.8, 4) is 0 Å². The lowest BCUT2D eigenvalue weighted by atomic mass is 10.2. The zero-order chi connectivity index (χ0) is 12.4. The third-order valence-corrected chi connectivity index (χ3v) is 2.11. The summed E-state index contributed by atoms with van der Waals surface area (Å²) in [4.78, 5) is 22.3. The normalized spacial score (nSPS) is 14.2. The number of halogens is 2. The van der Waals surface area contributed by atoms with Crippen molar-refractivity contribution in [2.45, 2.75) is 6.42 Å². The summed E-state index contributed by atoms with van der Waals surface area (Å²) in [5.41, 5.74) is 1.40. The average molecular weight is 239 g/mol. The summed E-state index contributed by atoms with van der Waals surface area (Å²) in [7, 11) is 0. The molecule has 7 heteroatoms. The van der Waals surface area contributed by atoms with Gasteiger partial charge < -0.3 is 5.32 Å². The molecule has 1 aromatic rings. The molecule has 2 rings (SSSR count). The van der Waals surface area contributed by atoms with Gasteiger partial charge in [-0.1, -0.05) is 6.07 Å². The first kappa shape index (κ1) is 11.2. The Balaban J connectivity index is 2.16. The van der Waals surface area contributed by atoms with E-state index < -0.39 is 29.1 Å². The number of hydrazone groups is 1. The number of amides is 2. The van der Waals surface area contributed by atoms with Crippen molar-refractivity contribution >= 4 is 23.2 Å². The standard InChI is InChI=1S/C10H7F2N3O2/c11-5-2-1-3-6(12)9(5)13-10(17)7-4-8(16)15-14-7/h1-3H,4H2,(H,13,17)(H,15,16). The first-order valence-electron chi connectivity index (χ1n) is 4.68. The van der Waals surface area contributed by atoms with Gasteiger partial charge in [0.2, 0.25) is 5.91 Å². The highest BCUT2D eigenvalue weighted by atomic mass is 19.1. The molecule has 17 heavy (non-hydrogen) atoms. The van der Waals surface area contributed by atoms with Gasteiger partial charge in [-0.25, -0.2) is 14.2 Å². The van der Waals surface area contributed by atoms with Crippen LogP contribution in [0.5, 0.6) is 0 Å². The van der Waals surface area contributed by atoms with Crippen molar-refractivity contribution < 1.29 is 18.4 Å². The Kier molecular flexibility index (Phi) is 2.82. The Morgan fingerprint density at radius 3 is 2.53 bits per heavy atom. The maximum Gasteiger partial charge on any atom is 0.272 e. The van der Waals surface area contributed by atoms with Gasteiger partial charge in [-0.05, 0) is 12.1 Å². The van der Waals surface area contributed by atoms with E-state index in [0.29, 0.717) is 0 Å². The molecule has 1 aliphatic rings. The van der Waals surface area contributed by atoms with E-state index in [4.69, 9.17) is 0 Å². The molecule has 1 heterocycles. The van der Waals surface area contributed by atoms with Gasteiger partial charge in [0, 0.05) is 0 Å². The highest BCUT2D eigenvalue weighted by molar-refractivity contribution is 6.46. The highest BCUT2D eigenvalue weighted by Gasteiger charge is 2.23. The molecule has 1 aromatic carbocycles. The van der Waals surface area contributed by atoms with Crippen LogP contribution in [0.25, 0.3) is 0 Å². The molecule has 1 aliphatic heterocycles. The van der Waals surface area contributed by atoms with Crippen LogP contribution in [0.4, 0.5) is 14.5 Å². The van der Waals surface area contributed by atoms with Crippen molar-refractivity contribution in [3.05, 3.63) is 29.8 Å². The summed E-state index contributed by atoms with van der Waals surface area (Å²) < 4.78 is 26.4. The van der Waals surface area contributed by atoms with Crippen LogP contribution in [0.2, 0.25) is 0 Å². The van der Waals surface area contributed by atoms with E-state index in [1.54, 1.807) is 0 Å². The average Bonchev–Trinajstić information content (AvgIpc) is 2.70. The van der Waals surface area contributed by atoms with Crippen LogP contribution in [-0.4, -0.2) is 17.5 Å². The molecule has 0 saturated heterocycles. The van der Waals surface area contributed by atoms with E-state index in [2.05, 4.69) is 10.5 Å². The lowest BCUT2D eigenvalue weighted by Crippen LogP contribution is -2.23. The molecule has 5 nitrogen and oxygen atoms in total. The van der Waals surface area contributed by atoms with E-state index >= 15 is 0 Å². The van der Waals surface area contributed by atoms with Gasteiger partial charge in [-0.15, -0.1) is 0 Å². The summed E-state index contributed by atoms with van der Waals surface area (Å²) in [6, 6.07) is 3.20. The van der Waals surface area contributed by atoms with Crippen molar-refractivity contribution in [1.29, 1.82) is 0 Å². The second kappa shape index (κ2) is 4.28. The number of carbonyl (C=O) groups excluding carboxylic acids is 2. The molecular weight excluding hydrogens is 232 g/mol. The van der Waals surface area contributed by atoms with E-state index in [1.807, 2.05) is 5.32 Å². The van der Waals surface area contributed by atoms with Crippen molar-refractivity contribution in [2.75, 3.05) is 5.32 Å². The summed E-state index contributed by atoms with van der Waals surface area (Å²) in [6.07, 6.45) is -0.206. The first-order valence-corrected chi connectivity index (χ1v) is 4.68. The van der Waals surface area contributed by atoms with Crippen LogP contribution in [0.15, 0.2) is 23.3 Å². The quantitative estimate of drug-likeness (QED) is 0.800. The Morgan fingerprint density at radius 1 is 1.35 bits per heavy atom. The van der Waals surface area contributed by atoms with Crippen LogP contribution in [0, 0.1) is 11.6 Å². The van der Waals surface area contributed by atoms with Crippen molar-refractivity contribution in [1.82, 2.24) is 5.43 Å². The van der Waals surface area contributed by atoms with E-state index in [-0.39, 0.29) is 12.1 Å². The number of nitrogens with one attached hydrogen (secondary N) is 2. The Hall–Kier alpha value is -2.31. The second-order valence-corrected chi connectivity index (χ2v) is 3.32.